The second-order valence-corrected chi connectivity index (χ2v) is 8.01. The van der Waals surface area contributed by atoms with Gasteiger partial charge in [0.1, 0.15) is 9.84 Å². The molecule has 0 bridgehead atoms. The minimum absolute atomic E-state index is 0.290. The van der Waals surface area contributed by atoms with Crippen molar-refractivity contribution in [2.24, 2.45) is 11.8 Å². The van der Waals surface area contributed by atoms with Crippen LogP contribution in [0.25, 0.3) is 0 Å². The zero-order valence-electron chi connectivity index (χ0n) is 12.0. The first-order valence-corrected chi connectivity index (χ1v) is 9.32. The number of nitrogens with one attached hydrogen (secondary N) is 1. The van der Waals surface area contributed by atoms with Crippen molar-refractivity contribution in [3.8, 4) is 0 Å². The Hall–Kier alpha value is -0.0900. The summed E-state index contributed by atoms with van der Waals surface area (Å²) in [5.41, 5.74) is 0. The van der Waals surface area contributed by atoms with Crippen molar-refractivity contribution in [2.45, 2.75) is 52.4 Å². The molecule has 0 aromatic rings. The van der Waals surface area contributed by atoms with Gasteiger partial charge in [-0.3, -0.25) is 0 Å². The van der Waals surface area contributed by atoms with Gasteiger partial charge in [-0.05, 0) is 44.2 Å². The van der Waals surface area contributed by atoms with Crippen molar-refractivity contribution < 1.29 is 8.42 Å². The fourth-order valence-electron chi connectivity index (χ4n) is 2.87. The van der Waals surface area contributed by atoms with Crippen LogP contribution in [0.3, 0.4) is 0 Å². The molecular weight excluding hydrogens is 246 g/mol. The van der Waals surface area contributed by atoms with Crippen LogP contribution in [0.2, 0.25) is 0 Å². The molecule has 2 atom stereocenters. The predicted molar refractivity (Wildman–Crippen MR) is 77.6 cm³/mol. The molecule has 0 aromatic carbocycles. The second-order valence-electron chi connectivity index (χ2n) is 5.53. The summed E-state index contributed by atoms with van der Waals surface area (Å²) in [5.74, 6) is 1.98. The van der Waals surface area contributed by atoms with E-state index in [1.54, 1.807) is 6.92 Å². The molecule has 0 aliphatic heterocycles. The lowest BCUT2D eigenvalue weighted by Crippen LogP contribution is -2.32. The van der Waals surface area contributed by atoms with E-state index >= 15 is 0 Å². The third kappa shape index (κ3) is 5.70. The summed E-state index contributed by atoms with van der Waals surface area (Å²) < 4.78 is 23.2. The van der Waals surface area contributed by atoms with E-state index in [1.165, 1.54) is 32.1 Å². The molecular formula is C14H29NO2S. The summed E-state index contributed by atoms with van der Waals surface area (Å²) in [4.78, 5) is 0. The maximum atomic E-state index is 11.6. The molecule has 4 heteroatoms. The quantitative estimate of drug-likeness (QED) is 0.693. The maximum absolute atomic E-state index is 11.6. The maximum Gasteiger partial charge on any atom is 0.150 e. The minimum Gasteiger partial charge on any atom is -0.316 e. The Morgan fingerprint density at radius 1 is 1.11 bits per heavy atom. The van der Waals surface area contributed by atoms with Gasteiger partial charge in [0, 0.05) is 5.75 Å². The third-order valence-electron chi connectivity index (χ3n) is 4.14. The molecule has 1 rings (SSSR count). The standard InChI is InChI=1S/C14H29NO2S/c1-3-10-15-12-14-8-6-5-7-13(14)9-11-18(16,17)4-2/h13-15H,3-12H2,1-2H3. The largest absolute Gasteiger partial charge is 0.316 e. The van der Waals surface area contributed by atoms with Crippen molar-refractivity contribution in [3.05, 3.63) is 0 Å². The normalized spacial score (nSPS) is 25.2. The summed E-state index contributed by atoms with van der Waals surface area (Å²) in [6, 6.07) is 0. The third-order valence-corrected chi connectivity index (χ3v) is 5.88. The van der Waals surface area contributed by atoms with Crippen molar-refractivity contribution in [1.29, 1.82) is 0 Å². The Labute approximate surface area is 113 Å². The van der Waals surface area contributed by atoms with E-state index in [0.29, 0.717) is 23.3 Å². The van der Waals surface area contributed by atoms with Gasteiger partial charge >= 0.3 is 0 Å². The first-order valence-electron chi connectivity index (χ1n) is 7.50. The highest BCUT2D eigenvalue weighted by molar-refractivity contribution is 7.91. The van der Waals surface area contributed by atoms with E-state index in [0.717, 1.165) is 19.5 Å². The highest BCUT2D eigenvalue weighted by Gasteiger charge is 2.25. The first kappa shape index (κ1) is 16.0. The number of rotatable bonds is 8. The van der Waals surface area contributed by atoms with Gasteiger partial charge < -0.3 is 5.32 Å². The Kier molecular flexibility index (Phi) is 7.23. The smallest absolute Gasteiger partial charge is 0.150 e. The van der Waals surface area contributed by atoms with Crippen molar-refractivity contribution >= 4 is 9.84 Å². The Balaban J connectivity index is 2.39. The molecule has 18 heavy (non-hydrogen) atoms. The summed E-state index contributed by atoms with van der Waals surface area (Å²) >= 11 is 0. The van der Waals surface area contributed by atoms with E-state index in [1.807, 2.05) is 0 Å². The topological polar surface area (TPSA) is 46.2 Å². The van der Waals surface area contributed by atoms with Crippen LogP contribution in [-0.2, 0) is 9.84 Å². The van der Waals surface area contributed by atoms with Crippen LogP contribution in [0.5, 0.6) is 0 Å². The van der Waals surface area contributed by atoms with Gasteiger partial charge in [-0.25, -0.2) is 8.42 Å². The second kappa shape index (κ2) is 8.16. The monoisotopic (exact) mass is 275 g/mol. The van der Waals surface area contributed by atoms with Gasteiger partial charge in [0.25, 0.3) is 0 Å². The van der Waals surface area contributed by atoms with Gasteiger partial charge in [-0.2, -0.15) is 0 Å². The molecule has 2 unspecified atom stereocenters. The molecule has 1 fully saturated rings. The van der Waals surface area contributed by atoms with Crippen LogP contribution in [0.15, 0.2) is 0 Å². The molecule has 0 radical (unpaired) electrons. The van der Waals surface area contributed by atoms with Crippen molar-refractivity contribution in [2.75, 3.05) is 24.6 Å². The van der Waals surface area contributed by atoms with Crippen LogP contribution < -0.4 is 5.32 Å². The molecule has 3 nitrogen and oxygen atoms in total. The van der Waals surface area contributed by atoms with Crippen LogP contribution >= 0.6 is 0 Å². The fourth-order valence-corrected chi connectivity index (χ4v) is 3.82. The minimum atomic E-state index is -2.79. The summed E-state index contributed by atoms with van der Waals surface area (Å²) in [6.07, 6.45) is 7.12. The van der Waals surface area contributed by atoms with Crippen LogP contribution in [0, 0.1) is 11.8 Å². The average molecular weight is 275 g/mol. The first-order chi connectivity index (χ1) is 8.59. The van der Waals surface area contributed by atoms with E-state index in [2.05, 4.69) is 12.2 Å². The molecule has 0 amide bonds. The molecule has 0 spiro atoms. The highest BCUT2D eigenvalue weighted by atomic mass is 32.2. The molecule has 1 aliphatic carbocycles. The van der Waals surface area contributed by atoms with Gasteiger partial charge in [-0.15, -0.1) is 0 Å². The summed E-state index contributed by atoms with van der Waals surface area (Å²) in [6.45, 7) is 6.08. The van der Waals surface area contributed by atoms with Crippen LogP contribution in [0.4, 0.5) is 0 Å². The Morgan fingerprint density at radius 2 is 1.78 bits per heavy atom. The SMILES string of the molecule is CCCNCC1CCCCC1CCS(=O)(=O)CC. The molecule has 1 saturated carbocycles. The molecule has 1 N–H and O–H groups in total. The van der Waals surface area contributed by atoms with Gasteiger partial charge in [0.15, 0.2) is 0 Å². The Morgan fingerprint density at radius 3 is 2.39 bits per heavy atom. The van der Waals surface area contributed by atoms with E-state index < -0.39 is 9.84 Å². The zero-order valence-corrected chi connectivity index (χ0v) is 12.8. The summed E-state index contributed by atoms with van der Waals surface area (Å²) in [7, 11) is -2.79. The molecule has 108 valence electrons. The van der Waals surface area contributed by atoms with Crippen LogP contribution in [0.1, 0.15) is 52.4 Å². The van der Waals surface area contributed by atoms with Gasteiger partial charge in [-0.1, -0.05) is 33.1 Å². The zero-order chi connectivity index (χ0) is 13.4. The van der Waals surface area contributed by atoms with E-state index in [9.17, 15) is 8.42 Å². The highest BCUT2D eigenvalue weighted by Crippen LogP contribution is 2.32. The lowest BCUT2D eigenvalue weighted by atomic mass is 9.78. The summed E-state index contributed by atoms with van der Waals surface area (Å²) in [5, 5.41) is 3.50. The van der Waals surface area contributed by atoms with Gasteiger partial charge in [0.2, 0.25) is 0 Å². The average Bonchev–Trinajstić information content (AvgIpc) is 2.38. The number of hydrogen-bond donors (Lipinski definition) is 1. The van der Waals surface area contributed by atoms with Gasteiger partial charge in [0.05, 0.1) is 5.75 Å². The number of hydrogen-bond acceptors (Lipinski definition) is 3. The van der Waals surface area contributed by atoms with Crippen LogP contribution in [-0.4, -0.2) is 33.0 Å². The van der Waals surface area contributed by atoms with Crippen molar-refractivity contribution in [1.82, 2.24) is 5.32 Å². The van der Waals surface area contributed by atoms with E-state index in [4.69, 9.17) is 0 Å². The fraction of sp³-hybridized carbons (Fsp3) is 1.00. The van der Waals surface area contributed by atoms with Crippen molar-refractivity contribution in [3.63, 3.8) is 0 Å². The lowest BCUT2D eigenvalue weighted by Gasteiger charge is -2.31. The molecule has 1 aliphatic rings. The number of sulfone groups is 1. The molecule has 0 aromatic heterocycles. The Bertz CT molecular complexity index is 314. The molecule has 0 saturated heterocycles. The van der Waals surface area contributed by atoms with E-state index in [-0.39, 0.29) is 0 Å². The predicted octanol–water partition coefficient (Wildman–Crippen LogP) is 2.62. The molecule has 0 heterocycles. The lowest BCUT2D eigenvalue weighted by molar-refractivity contribution is 0.225.